The topological polar surface area (TPSA) is 168 Å². The first kappa shape index (κ1) is 75.1. The first-order valence-corrected chi connectivity index (χ1v) is 34.3. The van der Waals surface area contributed by atoms with Crippen molar-refractivity contribution >= 4 is 29.8 Å². The Morgan fingerprint density at radius 1 is 0.315 bits per heavy atom. The van der Waals surface area contributed by atoms with Gasteiger partial charge >= 0.3 is 29.8 Å². The number of benzene rings is 4. The minimum absolute atomic E-state index is 0.118. The summed E-state index contributed by atoms with van der Waals surface area (Å²) in [6.07, 6.45) is 28.5. The molecular weight excluding hydrogens is 1160 g/mol. The van der Waals surface area contributed by atoms with Gasteiger partial charge < -0.3 is 42.6 Å². The van der Waals surface area contributed by atoms with Crippen LogP contribution in [0.3, 0.4) is 0 Å². The maximum atomic E-state index is 12.8. The smallest absolute Gasteiger partial charge is 0.331 e. The second kappa shape index (κ2) is 44.0. The van der Waals surface area contributed by atoms with Crippen LogP contribution in [0.25, 0.3) is 0 Å². The normalized spacial score (nSPS) is 11.8. The molecular formula is C78H106O14. The van der Waals surface area contributed by atoms with Gasteiger partial charge in [-0.2, -0.15) is 0 Å². The fourth-order valence-corrected chi connectivity index (χ4v) is 11.5. The molecule has 4 aromatic carbocycles. The van der Waals surface area contributed by atoms with E-state index in [-0.39, 0.29) is 26.4 Å². The van der Waals surface area contributed by atoms with E-state index >= 15 is 0 Å². The van der Waals surface area contributed by atoms with E-state index in [0.717, 1.165) is 205 Å². The average Bonchev–Trinajstić information content (AvgIpc) is 0.802. The predicted octanol–water partition coefficient (Wildman–Crippen LogP) is 16.4. The summed E-state index contributed by atoms with van der Waals surface area (Å²) in [5.41, 5.74) is 12.2. The van der Waals surface area contributed by atoms with Crippen molar-refractivity contribution < 1.29 is 66.6 Å². The number of rotatable bonds is 45. The van der Waals surface area contributed by atoms with Crippen molar-refractivity contribution in [2.24, 2.45) is 0 Å². The van der Waals surface area contributed by atoms with Crippen molar-refractivity contribution in [3.63, 3.8) is 0 Å². The predicted molar refractivity (Wildman–Crippen MR) is 364 cm³/mol. The van der Waals surface area contributed by atoms with E-state index in [9.17, 15) is 24.0 Å². The molecule has 0 aliphatic heterocycles. The number of hydrogen-bond donors (Lipinski definition) is 0. The van der Waals surface area contributed by atoms with Gasteiger partial charge in [0.25, 0.3) is 0 Å². The SMILES string of the molecule is C=CC(=O)OCCCc1cc2c(OCCCCCC)c(c1)Cc1cc(CCCOC(=O)C=C)cc(c1OCCCCCC)Cc1cc(CCCOC(=O)/C=C\C(=O)OC)cc(c1OCCCCCC)Cc1cc(CCCOC(=O)C=C)cc(c1OCCCCCC)C2. The number of methoxy groups -OCH3 is 1. The Bertz CT molecular complexity index is 2860. The highest BCUT2D eigenvalue weighted by atomic mass is 16.5. The fourth-order valence-electron chi connectivity index (χ4n) is 11.5. The highest BCUT2D eigenvalue weighted by molar-refractivity contribution is 5.91. The van der Waals surface area contributed by atoms with Crippen LogP contribution in [0.1, 0.15) is 223 Å². The van der Waals surface area contributed by atoms with E-state index in [0.29, 0.717) is 103 Å². The van der Waals surface area contributed by atoms with Crippen LogP contribution in [0.2, 0.25) is 0 Å². The zero-order valence-electron chi connectivity index (χ0n) is 56.3. The summed E-state index contributed by atoms with van der Waals surface area (Å²) in [7, 11) is 1.25. The van der Waals surface area contributed by atoms with Crippen molar-refractivity contribution in [1.82, 2.24) is 0 Å². The van der Waals surface area contributed by atoms with Crippen molar-refractivity contribution in [3.05, 3.63) is 165 Å². The zero-order valence-corrected chi connectivity index (χ0v) is 56.3. The molecule has 4 aromatic rings. The standard InChI is InChI=1S/C78H106O14/c1-9-16-20-24-38-89-75-62-46-58(32-28-42-85-70(79)13-5)47-63(75)55-65-49-60(34-30-44-87-72(81)15-7)51-67(77(65)91-40-26-22-18-11-3)57-69-53-61(35-31-45-88-74(83)37-36-73(82)84-8)52-68(78(69)92-41-27-23-19-12-4)56-66-50-59(33-29-43-86-71(80)14-6)48-64(54-62)76(66)90-39-25-21-17-10-2/h13-15,36-37,46-53H,5-7,9-12,16-35,38-45,54-57H2,1-4,8H3/b37-36-. The molecule has 14 nitrogen and oxygen atoms in total. The summed E-state index contributed by atoms with van der Waals surface area (Å²) >= 11 is 0. The van der Waals surface area contributed by atoms with Crippen LogP contribution in [0.4, 0.5) is 0 Å². The molecule has 1 aliphatic carbocycles. The highest BCUT2D eigenvalue weighted by Crippen LogP contribution is 2.42. The molecule has 1 aliphatic rings. The van der Waals surface area contributed by atoms with Crippen LogP contribution in [-0.4, -0.2) is 89.8 Å². The van der Waals surface area contributed by atoms with E-state index in [2.05, 4.69) is 101 Å². The summed E-state index contributed by atoms with van der Waals surface area (Å²) in [4.78, 5) is 61.6. The highest BCUT2D eigenvalue weighted by Gasteiger charge is 2.26. The number of unbranched alkanes of at least 4 members (excludes halogenated alkanes) is 12. The molecule has 0 saturated heterocycles. The quantitative estimate of drug-likeness (QED) is 0.0156. The number of esters is 5. The molecule has 0 saturated carbocycles. The van der Waals surface area contributed by atoms with Crippen molar-refractivity contribution in [1.29, 1.82) is 0 Å². The van der Waals surface area contributed by atoms with Crippen LogP contribution in [0.5, 0.6) is 23.0 Å². The third kappa shape index (κ3) is 27.3. The summed E-state index contributed by atoms with van der Waals surface area (Å²) < 4.78 is 55.8. The molecule has 0 radical (unpaired) electrons. The van der Waals surface area contributed by atoms with Gasteiger partial charge in [0.1, 0.15) is 23.0 Å². The Balaban J connectivity index is 1.91. The summed E-state index contributed by atoms with van der Waals surface area (Å²) in [6.45, 7) is 22.5. The minimum Gasteiger partial charge on any atom is -0.493 e. The lowest BCUT2D eigenvalue weighted by Crippen LogP contribution is -2.13. The van der Waals surface area contributed by atoms with Crippen LogP contribution in [0.15, 0.2) is 98.6 Å². The minimum atomic E-state index is -0.646. The maximum absolute atomic E-state index is 12.8. The van der Waals surface area contributed by atoms with Gasteiger partial charge in [0.15, 0.2) is 0 Å². The lowest BCUT2D eigenvalue weighted by atomic mass is 9.87. The van der Waals surface area contributed by atoms with Crippen molar-refractivity contribution in [3.8, 4) is 23.0 Å². The molecule has 0 spiro atoms. The second-order valence-electron chi connectivity index (χ2n) is 23.9. The summed E-state index contributed by atoms with van der Waals surface area (Å²) in [6, 6.07) is 18.0. The third-order valence-corrected chi connectivity index (χ3v) is 16.2. The molecule has 0 heterocycles. The van der Waals surface area contributed by atoms with Crippen molar-refractivity contribution in [2.75, 3.05) is 60.0 Å². The Morgan fingerprint density at radius 2 is 0.543 bits per heavy atom. The van der Waals surface area contributed by atoms with Gasteiger partial charge in [0.2, 0.25) is 0 Å². The van der Waals surface area contributed by atoms with Gasteiger partial charge in [-0.25, -0.2) is 24.0 Å². The summed E-state index contributed by atoms with van der Waals surface area (Å²) in [5, 5.41) is 0. The Kier molecular flexibility index (Phi) is 35.9. The van der Waals surface area contributed by atoms with Gasteiger partial charge in [0.05, 0.1) is 60.0 Å². The lowest BCUT2D eigenvalue weighted by molar-refractivity contribution is -0.139. The molecule has 0 aromatic heterocycles. The fraction of sp³-hybridized carbons (Fsp3) is 0.526. The molecule has 0 atom stereocenters. The first-order valence-electron chi connectivity index (χ1n) is 34.3. The van der Waals surface area contributed by atoms with Crippen LogP contribution >= 0.6 is 0 Å². The Labute approximate surface area is 549 Å². The molecule has 0 unspecified atom stereocenters. The van der Waals surface area contributed by atoms with Crippen LogP contribution in [0, 0.1) is 0 Å². The van der Waals surface area contributed by atoms with E-state index in [1.54, 1.807) is 0 Å². The van der Waals surface area contributed by atoms with Crippen LogP contribution in [-0.2, 0) is 99.0 Å². The van der Waals surface area contributed by atoms with E-state index in [1.165, 1.54) is 25.3 Å². The van der Waals surface area contributed by atoms with Gasteiger partial charge in [-0.3, -0.25) is 0 Å². The number of fused-ring (bicyclic) bond motifs is 8. The third-order valence-electron chi connectivity index (χ3n) is 16.2. The monoisotopic (exact) mass is 1270 g/mol. The van der Waals surface area contributed by atoms with E-state index < -0.39 is 29.8 Å². The van der Waals surface area contributed by atoms with E-state index in [1.807, 2.05) is 0 Å². The second-order valence-corrected chi connectivity index (χ2v) is 23.9. The van der Waals surface area contributed by atoms with Crippen LogP contribution < -0.4 is 18.9 Å². The van der Waals surface area contributed by atoms with Crippen molar-refractivity contribution in [2.45, 2.75) is 207 Å². The van der Waals surface area contributed by atoms with E-state index in [4.69, 9.17) is 37.9 Å². The number of carbonyl (C=O) groups excluding carboxylic acids is 5. The van der Waals surface area contributed by atoms with Gasteiger partial charge in [0, 0.05) is 56.1 Å². The number of carbonyl (C=O) groups is 5. The maximum Gasteiger partial charge on any atom is 0.331 e. The Hall–Kier alpha value is -7.61. The molecule has 0 N–H and O–H groups in total. The Morgan fingerprint density at radius 3 is 0.761 bits per heavy atom. The molecule has 92 heavy (non-hydrogen) atoms. The number of ether oxygens (including phenoxy) is 9. The molecule has 5 rings (SSSR count). The molecule has 0 fully saturated rings. The largest absolute Gasteiger partial charge is 0.493 e. The first-order chi connectivity index (χ1) is 44.9. The molecule has 14 heteroatoms. The van der Waals surface area contributed by atoms with Gasteiger partial charge in [-0.1, -0.05) is 173 Å². The van der Waals surface area contributed by atoms with Gasteiger partial charge in [-0.05, 0) is 144 Å². The summed E-state index contributed by atoms with van der Waals surface area (Å²) in [5.74, 6) is 0.585. The molecule has 502 valence electrons. The molecule has 8 bridgehead atoms. The zero-order chi connectivity index (χ0) is 66.1. The lowest BCUT2D eigenvalue weighted by Gasteiger charge is -2.25. The molecule has 0 amide bonds. The van der Waals surface area contributed by atoms with Gasteiger partial charge in [-0.15, -0.1) is 0 Å². The number of hydrogen-bond acceptors (Lipinski definition) is 14. The average molecular weight is 1270 g/mol. The number of aryl methyl sites for hydroxylation is 4.